The highest BCUT2D eigenvalue weighted by atomic mass is 16.5. The largest absolute Gasteiger partial charge is 0.392 e. The molecule has 28 heavy (non-hydrogen) atoms. The van der Waals surface area contributed by atoms with Gasteiger partial charge in [-0.25, -0.2) is 0 Å². The highest BCUT2D eigenvalue weighted by Crippen LogP contribution is 2.26. The number of amides is 1. The van der Waals surface area contributed by atoms with Crippen LogP contribution in [-0.2, 0) is 22.6 Å². The van der Waals surface area contributed by atoms with Crippen molar-refractivity contribution in [2.75, 3.05) is 34.4 Å². The predicted octanol–water partition coefficient (Wildman–Crippen LogP) is 2.05. The molecule has 3 rings (SSSR count). The van der Waals surface area contributed by atoms with E-state index in [1.165, 1.54) is 0 Å². The Labute approximate surface area is 166 Å². The van der Waals surface area contributed by atoms with Crippen molar-refractivity contribution in [1.29, 1.82) is 0 Å². The molecule has 150 valence electrons. The number of aliphatic hydroxyl groups excluding tert-OH is 1. The fraction of sp³-hybridized carbons (Fsp3) is 0.409. The van der Waals surface area contributed by atoms with Gasteiger partial charge >= 0.3 is 0 Å². The summed E-state index contributed by atoms with van der Waals surface area (Å²) < 4.78 is 10.7. The van der Waals surface area contributed by atoms with Crippen molar-refractivity contribution in [1.82, 2.24) is 10.2 Å². The summed E-state index contributed by atoms with van der Waals surface area (Å²) in [6.07, 6.45) is -0.115. The molecular weight excluding hydrogens is 356 g/mol. The Morgan fingerprint density at radius 2 is 1.96 bits per heavy atom. The molecule has 1 saturated heterocycles. The highest BCUT2D eigenvalue weighted by Gasteiger charge is 2.29. The number of carbonyl (C=O) groups is 1. The maximum Gasteiger partial charge on any atom is 0.251 e. The van der Waals surface area contributed by atoms with Crippen LogP contribution in [0, 0.1) is 0 Å². The summed E-state index contributed by atoms with van der Waals surface area (Å²) in [4.78, 5) is 14.6. The number of nitrogens with one attached hydrogen (secondary N) is 1. The van der Waals surface area contributed by atoms with Gasteiger partial charge in [0.25, 0.3) is 5.91 Å². The normalized spacial score (nSPS) is 19.2. The van der Waals surface area contributed by atoms with Crippen LogP contribution in [0.3, 0.4) is 0 Å². The zero-order valence-corrected chi connectivity index (χ0v) is 16.6. The number of carbonyl (C=O) groups excluding carboxylic acids is 1. The second kappa shape index (κ2) is 9.30. The van der Waals surface area contributed by atoms with Gasteiger partial charge < -0.3 is 24.8 Å². The number of rotatable bonds is 7. The number of nitrogens with zero attached hydrogens (tertiary/aromatic N) is 1. The van der Waals surface area contributed by atoms with Gasteiger partial charge in [0.15, 0.2) is 0 Å². The van der Waals surface area contributed by atoms with E-state index in [1.54, 1.807) is 19.2 Å². The molecule has 0 saturated carbocycles. The van der Waals surface area contributed by atoms with Crippen LogP contribution >= 0.6 is 0 Å². The molecule has 2 N–H and O–H groups in total. The van der Waals surface area contributed by atoms with Crippen LogP contribution in [-0.4, -0.2) is 62.5 Å². The molecule has 6 heteroatoms. The summed E-state index contributed by atoms with van der Waals surface area (Å²) in [7, 11) is 5.65. The third-order valence-corrected chi connectivity index (χ3v) is 4.94. The number of ether oxygens (including phenoxy) is 2. The lowest BCUT2D eigenvalue weighted by molar-refractivity contribution is 0.0685. The molecule has 1 aliphatic heterocycles. The molecule has 0 aliphatic carbocycles. The van der Waals surface area contributed by atoms with Gasteiger partial charge in [0, 0.05) is 19.2 Å². The lowest BCUT2D eigenvalue weighted by atomic mass is 9.96. The Bertz CT molecular complexity index is 805. The van der Waals surface area contributed by atoms with Crippen LogP contribution < -0.4 is 5.32 Å². The van der Waals surface area contributed by atoms with Gasteiger partial charge in [-0.05, 0) is 48.5 Å². The van der Waals surface area contributed by atoms with E-state index in [4.69, 9.17) is 9.47 Å². The van der Waals surface area contributed by atoms with Crippen molar-refractivity contribution in [3.05, 3.63) is 59.2 Å². The number of methoxy groups -OCH3 is 1. The Kier molecular flexibility index (Phi) is 6.80. The Hall–Kier alpha value is -2.25. The number of aliphatic hydroxyl groups is 1. The smallest absolute Gasteiger partial charge is 0.251 e. The van der Waals surface area contributed by atoms with Crippen LogP contribution in [0.15, 0.2) is 42.5 Å². The fourth-order valence-electron chi connectivity index (χ4n) is 3.48. The first-order valence-electron chi connectivity index (χ1n) is 9.41. The second-order valence-electron chi connectivity index (χ2n) is 7.36. The fourth-order valence-corrected chi connectivity index (χ4v) is 3.48. The topological polar surface area (TPSA) is 71.0 Å². The lowest BCUT2D eigenvalue weighted by Crippen LogP contribution is -2.43. The minimum atomic E-state index is -0.146. The van der Waals surface area contributed by atoms with E-state index >= 15 is 0 Å². The second-order valence-corrected chi connectivity index (χ2v) is 7.36. The van der Waals surface area contributed by atoms with E-state index in [0.29, 0.717) is 18.8 Å². The molecule has 0 radical (unpaired) electrons. The highest BCUT2D eigenvalue weighted by molar-refractivity contribution is 5.95. The van der Waals surface area contributed by atoms with Gasteiger partial charge in [-0.3, -0.25) is 4.79 Å². The van der Waals surface area contributed by atoms with Gasteiger partial charge in [0.1, 0.15) is 6.10 Å². The Morgan fingerprint density at radius 1 is 1.21 bits per heavy atom. The van der Waals surface area contributed by atoms with Gasteiger partial charge in [0.2, 0.25) is 0 Å². The summed E-state index contributed by atoms with van der Waals surface area (Å²) in [5.41, 5.74) is 4.56. The maximum absolute atomic E-state index is 12.5. The van der Waals surface area contributed by atoms with Crippen LogP contribution in [0.25, 0.3) is 11.1 Å². The summed E-state index contributed by atoms with van der Waals surface area (Å²) >= 11 is 0. The summed E-state index contributed by atoms with van der Waals surface area (Å²) in [5.74, 6) is -0.146. The quantitative estimate of drug-likeness (QED) is 0.765. The molecule has 2 aromatic rings. The Balaban J connectivity index is 1.74. The van der Waals surface area contributed by atoms with Crippen molar-refractivity contribution in [2.45, 2.75) is 25.3 Å². The van der Waals surface area contributed by atoms with E-state index in [1.807, 2.05) is 38.4 Å². The average molecular weight is 384 g/mol. The predicted molar refractivity (Wildman–Crippen MR) is 108 cm³/mol. The first-order chi connectivity index (χ1) is 13.5. The number of hydrogen-bond acceptors (Lipinski definition) is 5. The van der Waals surface area contributed by atoms with Crippen molar-refractivity contribution < 1.29 is 19.4 Å². The SMILES string of the molecule is CO[C@@H]1COC[C@@H]1NC(=O)c1ccc(-c2ccc(CN(C)C)cc2CO)cc1. The van der Waals surface area contributed by atoms with Gasteiger partial charge in [-0.2, -0.15) is 0 Å². The number of hydrogen-bond donors (Lipinski definition) is 2. The molecule has 2 aromatic carbocycles. The first-order valence-corrected chi connectivity index (χ1v) is 9.41. The average Bonchev–Trinajstić information content (AvgIpc) is 3.14. The van der Waals surface area contributed by atoms with Crippen molar-refractivity contribution in [2.24, 2.45) is 0 Å². The van der Waals surface area contributed by atoms with E-state index in [2.05, 4.69) is 16.3 Å². The summed E-state index contributed by atoms with van der Waals surface area (Å²) in [6.45, 7) is 1.74. The standard InChI is InChI=1S/C22H28N2O4/c1-24(2)11-15-4-9-19(18(10-15)12-25)16-5-7-17(8-6-16)22(26)23-20-13-28-14-21(20)27-3/h4-10,20-21,25H,11-14H2,1-3H3,(H,23,26)/t20-,21+/m0/s1. The molecule has 1 amide bonds. The van der Waals surface area contributed by atoms with Crippen LogP contribution in [0.4, 0.5) is 0 Å². The van der Waals surface area contributed by atoms with E-state index in [0.717, 1.165) is 28.8 Å². The van der Waals surface area contributed by atoms with E-state index in [9.17, 15) is 9.90 Å². The third kappa shape index (κ3) is 4.77. The Morgan fingerprint density at radius 3 is 2.61 bits per heavy atom. The van der Waals surface area contributed by atoms with Gasteiger partial charge in [-0.1, -0.05) is 30.3 Å². The van der Waals surface area contributed by atoms with Crippen molar-refractivity contribution in [3.8, 4) is 11.1 Å². The molecule has 1 aliphatic rings. The minimum Gasteiger partial charge on any atom is -0.392 e. The van der Waals surface area contributed by atoms with Gasteiger partial charge in [0.05, 0.1) is 25.9 Å². The summed E-state index contributed by atoms with van der Waals surface area (Å²) in [5, 5.41) is 12.8. The zero-order valence-electron chi connectivity index (χ0n) is 16.6. The van der Waals surface area contributed by atoms with E-state index in [-0.39, 0.29) is 24.7 Å². The lowest BCUT2D eigenvalue weighted by Gasteiger charge is -2.18. The van der Waals surface area contributed by atoms with Crippen LogP contribution in [0.1, 0.15) is 21.5 Å². The maximum atomic E-state index is 12.5. The molecular formula is C22H28N2O4. The van der Waals surface area contributed by atoms with Gasteiger partial charge in [-0.15, -0.1) is 0 Å². The molecule has 1 fully saturated rings. The molecule has 1 heterocycles. The monoisotopic (exact) mass is 384 g/mol. The third-order valence-electron chi connectivity index (χ3n) is 4.94. The molecule has 0 unspecified atom stereocenters. The molecule has 0 spiro atoms. The van der Waals surface area contributed by atoms with E-state index < -0.39 is 0 Å². The zero-order chi connectivity index (χ0) is 20.1. The first kappa shape index (κ1) is 20.5. The molecule has 2 atom stereocenters. The molecule has 0 bridgehead atoms. The summed E-state index contributed by atoms with van der Waals surface area (Å²) in [6, 6.07) is 13.4. The molecule has 0 aromatic heterocycles. The minimum absolute atomic E-state index is 0.0288. The molecule has 6 nitrogen and oxygen atoms in total. The van der Waals surface area contributed by atoms with Crippen LogP contribution in [0.2, 0.25) is 0 Å². The van der Waals surface area contributed by atoms with Crippen molar-refractivity contribution in [3.63, 3.8) is 0 Å². The van der Waals surface area contributed by atoms with Crippen LogP contribution in [0.5, 0.6) is 0 Å². The van der Waals surface area contributed by atoms with Crippen molar-refractivity contribution >= 4 is 5.91 Å². The number of benzene rings is 2.